The molecule has 1 aromatic carbocycles. The van der Waals surface area contributed by atoms with Gasteiger partial charge in [-0.25, -0.2) is 0 Å². The molecule has 1 N–H and O–H groups in total. The summed E-state index contributed by atoms with van der Waals surface area (Å²) in [6, 6.07) is 10.6. The minimum absolute atomic E-state index is 0.282. The van der Waals surface area contributed by atoms with E-state index in [4.69, 9.17) is 11.6 Å². The maximum Gasteiger partial charge on any atom is 0.0456 e. The Morgan fingerprint density at radius 2 is 2.11 bits per heavy atom. The summed E-state index contributed by atoms with van der Waals surface area (Å²) in [5, 5.41) is 4.21. The molecule has 0 spiro atoms. The Balaban J connectivity index is 2.15. The molecule has 0 bridgehead atoms. The van der Waals surface area contributed by atoms with Crippen molar-refractivity contribution in [2.75, 3.05) is 6.54 Å². The predicted octanol–water partition coefficient (Wildman–Crippen LogP) is 4.00. The van der Waals surface area contributed by atoms with E-state index >= 15 is 0 Å². The van der Waals surface area contributed by atoms with E-state index in [1.807, 2.05) is 12.3 Å². The molecular weight excluding hydrogens is 256 g/mol. The molecule has 0 aliphatic rings. The van der Waals surface area contributed by atoms with E-state index in [0.29, 0.717) is 0 Å². The van der Waals surface area contributed by atoms with Crippen LogP contribution in [0, 0.1) is 0 Å². The maximum atomic E-state index is 6.37. The minimum Gasteiger partial charge on any atom is -0.310 e. The van der Waals surface area contributed by atoms with Crippen LogP contribution in [-0.2, 0) is 6.42 Å². The fourth-order valence-corrected chi connectivity index (χ4v) is 2.55. The van der Waals surface area contributed by atoms with Crippen molar-refractivity contribution in [3.8, 4) is 0 Å². The quantitative estimate of drug-likeness (QED) is 0.892. The van der Waals surface area contributed by atoms with Gasteiger partial charge in [0.05, 0.1) is 0 Å². The fraction of sp³-hybridized carbons (Fsp3) is 0.312. The normalized spacial score (nSPS) is 12.4. The smallest absolute Gasteiger partial charge is 0.0456 e. The molecule has 2 nitrogen and oxygen atoms in total. The van der Waals surface area contributed by atoms with Gasteiger partial charge in [0.25, 0.3) is 0 Å². The van der Waals surface area contributed by atoms with Gasteiger partial charge in [-0.2, -0.15) is 0 Å². The lowest BCUT2D eigenvalue weighted by molar-refractivity contribution is 0.598. The average molecular weight is 275 g/mol. The van der Waals surface area contributed by atoms with Gasteiger partial charge in [-0.05, 0) is 48.7 Å². The van der Waals surface area contributed by atoms with Crippen molar-refractivity contribution < 1.29 is 0 Å². The van der Waals surface area contributed by atoms with Crippen LogP contribution in [0.15, 0.2) is 42.7 Å². The van der Waals surface area contributed by atoms with Crippen LogP contribution >= 0.6 is 11.6 Å². The van der Waals surface area contributed by atoms with Crippen LogP contribution in [0.3, 0.4) is 0 Å². The summed E-state index contributed by atoms with van der Waals surface area (Å²) in [7, 11) is 0. The molecule has 19 heavy (non-hydrogen) atoms. The van der Waals surface area contributed by atoms with Gasteiger partial charge in [0.1, 0.15) is 0 Å². The van der Waals surface area contributed by atoms with Gasteiger partial charge in [-0.3, -0.25) is 4.98 Å². The second kappa shape index (κ2) is 6.69. The maximum absolute atomic E-state index is 6.37. The lowest BCUT2D eigenvalue weighted by Crippen LogP contribution is -2.18. The van der Waals surface area contributed by atoms with Crippen molar-refractivity contribution in [1.82, 2.24) is 10.3 Å². The summed E-state index contributed by atoms with van der Waals surface area (Å²) in [4.78, 5) is 4.13. The van der Waals surface area contributed by atoms with E-state index in [-0.39, 0.29) is 6.04 Å². The third kappa shape index (κ3) is 3.79. The fourth-order valence-electron chi connectivity index (χ4n) is 2.19. The minimum atomic E-state index is 0.282. The number of aromatic nitrogens is 1. The van der Waals surface area contributed by atoms with Gasteiger partial charge in [0.15, 0.2) is 0 Å². The molecule has 0 aliphatic carbocycles. The number of hydrogen-bond acceptors (Lipinski definition) is 2. The first-order valence-electron chi connectivity index (χ1n) is 6.61. The third-order valence-corrected chi connectivity index (χ3v) is 3.50. The summed E-state index contributed by atoms with van der Waals surface area (Å²) >= 11 is 6.37. The predicted molar refractivity (Wildman–Crippen MR) is 80.6 cm³/mol. The SMILES string of the molecule is CCNC(C)c1ccc(Cc2cccnc2)cc1Cl. The molecule has 0 radical (unpaired) electrons. The summed E-state index contributed by atoms with van der Waals surface area (Å²) in [5.41, 5.74) is 3.56. The highest BCUT2D eigenvalue weighted by Gasteiger charge is 2.09. The first kappa shape index (κ1) is 14.0. The molecule has 2 rings (SSSR count). The lowest BCUT2D eigenvalue weighted by atomic mass is 10.0. The van der Waals surface area contributed by atoms with Gasteiger partial charge in [0, 0.05) is 23.5 Å². The molecule has 1 unspecified atom stereocenters. The van der Waals surface area contributed by atoms with E-state index in [2.05, 4.69) is 48.4 Å². The molecule has 0 fully saturated rings. The Kier molecular flexibility index (Phi) is 4.94. The van der Waals surface area contributed by atoms with E-state index < -0.39 is 0 Å². The highest BCUT2D eigenvalue weighted by molar-refractivity contribution is 6.31. The summed E-state index contributed by atoms with van der Waals surface area (Å²) < 4.78 is 0. The van der Waals surface area contributed by atoms with Gasteiger partial charge in [-0.1, -0.05) is 36.7 Å². The van der Waals surface area contributed by atoms with Crippen LogP contribution < -0.4 is 5.32 Å². The van der Waals surface area contributed by atoms with Gasteiger partial charge < -0.3 is 5.32 Å². The van der Waals surface area contributed by atoms with E-state index in [9.17, 15) is 0 Å². The molecule has 2 aromatic rings. The highest BCUT2D eigenvalue weighted by Crippen LogP contribution is 2.25. The zero-order chi connectivity index (χ0) is 13.7. The van der Waals surface area contributed by atoms with Crippen LogP contribution in [0.25, 0.3) is 0 Å². The van der Waals surface area contributed by atoms with Crippen molar-refractivity contribution >= 4 is 11.6 Å². The van der Waals surface area contributed by atoms with Crippen LogP contribution in [0.4, 0.5) is 0 Å². The lowest BCUT2D eigenvalue weighted by Gasteiger charge is -2.15. The summed E-state index contributed by atoms with van der Waals surface area (Å²) in [6.45, 7) is 5.17. The number of hydrogen-bond donors (Lipinski definition) is 1. The largest absolute Gasteiger partial charge is 0.310 e. The average Bonchev–Trinajstić information content (AvgIpc) is 2.40. The number of benzene rings is 1. The monoisotopic (exact) mass is 274 g/mol. The zero-order valence-corrected chi connectivity index (χ0v) is 12.1. The zero-order valence-electron chi connectivity index (χ0n) is 11.4. The molecule has 0 aliphatic heterocycles. The van der Waals surface area contributed by atoms with Gasteiger partial charge in [-0.15, -0.1) is 0 Å². The van der Waals surface area contributed by atoms with E-state index in [0.717, 1.165) is 23.6 Å². The van der Waals surface area contributed by atoms with Crippen LogP contribution in [0.5, 0.6) is 0 Å². The Morgan fingerprint density at radius 1 is 1.26 bits per heavy atom. The van der Waals surface area contributed by atoms with Gasteiger partial charge in [0.2, 0.25) is 0 Å². The first-order chi connectivity index (χ1) is 9.20. The summed E-state index contributed by atoms with van der Waals surface area (Å²) in [5.74, 6) is 0. The molecule has 3 heteroatoms. The number of pyridine rings is 1. The van der Waals surface area contributed by atoms with E-state index in [1.165, 1.54) is 11.1 Å². The second-order valence-electron chi connectivity index (χ2n) is 4.67. The standard InChI is InChI=1S/C16H19ClN2/c1-3-19-12(2)15-7-6-13(10-16(15)17)9-14-5-4-8-18-11-14/h4-8,10-12,19H,3,9H2,1-2H3. The number of nitrogens with zero attached hydrogens (tertiary/aromatic N) is 1. The third-order valence-electron chi connectivity index (χ3n) is 3.17. The molecule has 0 saturated heterocycles. The Morgan fingerprint density at radius 3 is 2.74 bits per heavy atom. The Bertz CT molecular complexity index is 526. The molecular formula is C16H19ClN2. The number of halogens is 1. The van der Waals surface area contributed by atoms with Gasteiger partial charge >= 0.3 is 0 Å². The van der Waals surface area contributed by atoms with Crippen LogP contribution in [-0.4, -0.2) is 11.5 Å². The molecule has 100 valence electrons. The topological polar surface area (TPSA) is 24.9 Å². The molecule has 1 atom stereocenters. The van der Waals surface area contributed by atoms with Crippen molar-refractivity contribution in [2.24, 2.45) is 0 Å². The second-order valence-corrected chi connectivity index (χ2v) is 5.08. The van der Waals surface area contributed by atoms with Crippen molar-refractivity contribution in [3.05, 3.63) is 64.4 Å². The number of rotatable bonds is 5. The highest BCUT2D eigenvalue weighted by atomic mass is 35.5. The number of nitrogens with one attached hydrogen (secondary N) is 1. The molecule has 1 heterocycles. The molecule has 0 amide bonds. The first-order valence-corrected chi connectivity index (χ1v) is 6.99. The Hall–Kier alpha value is -1.38. The molecule has 0 saturated carbocycles. The Labute approximate surface area is 119 Å². The van der Waals surface area contributed by atoms with Crippen LogP contribution in [0.1, 0.15) is 36.6 Å². The van der Waals surface area contributed by atoms with Crippen molar-refractivity contribution in [3.63, 3.8) is 0 Å². The van der Waals surface area contributed by atoms with Crippen molar-refractivity contribution in [1.29, 1.82) is 0 Å². The summed E-state index contributed by atoms with van der Waals surface area (Å²) in [6.07, 6.45) is 4.55. The molecule has 1 aromatic heterocycles. The van der Waals surface area contributed by atoms with Crippen LogP contribution in [0.2, 0.25) is 5.02 Å². The van der Waals surface area contributed by atoms with Crippen molar-refractivity contribution in [2.45, 2.75) is 26.3 Å². The van der Waals surface area contributed by atoms with E-state index in [1.54, 1.807) is 6.20 Å².